The van der Waals surface area contributed by atoms with Crippen LogP contribution in [0.4, 0.5) is 19.0 Å². The van der Waals surface area contributed by atoms with Gasteiger partial charge in [0.15, 0.2) is 5.69 Å². The Balaban J connectivity index is 3.18. The van der Waals surface area contributed by atoms with E-state index in [9.17, 15) is 18.0 Å². The fourth-order valence-corrected chi connectivity index (χ4v) is 1.56. The summed E-state index contributed by atoms with van der Waals surface area (Å²) in [5, 5.41) is 3.58. The number of carbonyl (C=O) groups is 1. The summed E-state index contributed by atoms with van der Waals surface area (Å²) < 4.78 is 41.9. The highest BCUT2D eigenvalue weighted by molar-refractivity contribution is 5.90. The van der Waals surface area contributed by atoms with Crippen LogP contribution in [0.15, 0.2) is 0 Å². The lowest BCUT2D eigenvalue weighted by molar-refractivity contribution is -0.142. The minimum Gasteiger partial charge on any atom is -0.464 e. The zero-order chi connectivity index (χ0) is 13.9. The van der Waals surface area contributed by atoms with Crippen LogP contribution < -0.4 is 5.73 Å². The first-order valence-corrected chi connectivity index (χ1v) is 5.30. The number of nitrogens with zero attached hydrogens (tertiary/aromatic N) is 2. The van der Waals surface area contributed by atoms with Crippen molar-refractivity contribution in [3.63, 3.8) is 0 Å². The Labute approximate surface area is 102 Å². The van der Waals surface area contributed by atoms with Crippen LogP contribution in [-0.2, 0) is 17.7 Å². The lowest BCUT2D eigenvalue weighted by atomic mass is 10.1. The molecule has 8 heteroatoms. The Morgan fingerprint density at radius 2 is 2.11 bits per heavy atom. The number of halogens is 3. The molecule has 1 rings (SSSR count). The van der Waals surface area contributed by atoms with Gasteiger partial charge in [0, 0.05) is 5.56 Å². The molecule has 0 radical (unpaired) electrons. The van der Waals surface area contributed by atoms with Crippen molar-refractivity contribution in [2.24, 2.45) is 0 Å². The van der Waals surface area contributed by atoms with Crippen LogP contribution in [0.25, 0.3) is 0 Å². The zero-order valence-corrected chi connectivity index (χ0v) is 10.0. The summed E-state index contributed by atoms with van der Waals surface area (Å²) in [6.07, 6.45) is -3.45. The first-order chi connectivity index (χ1) is 8.30. The highest BCUT2D eigenvalue weighted by Crippen LogP contribution is 2.24. The summed E-state index contributed by atoms with van der Waals surface area (Å²) in [5.74, 6) is -0.930. The maximum Gasteiger partial charge on any atom is 0.408 e. The molecule has 0 unspecified atom stereocenters. The molecule has 1 heterocycles. The number of hydrogen-bond acceptors (Lipinski definition) is 4. The van der Waals surface area contributed by atoms with E-state index in [0.717, 1.165) is 7.11 Å². The van der Waals surface area contributed by atoms with Gasteiger partial charge in [-0.25, -0.2) is 9.48 Å². The van der Waals surface area contributed by atoms with Gasteiger partial charge in [-0.05, 0) is 6.42 Å². The van der Waals surface area contributed by atoms with Crippen molar-refractivity contribution >= 4 is 11.8 Å². The van der Waals surface area contributed by atoms with Gasteiger partial charge in [0.1, 0.15) is 12.4 Å². The molecule has 5 nitrogen and oxygen atoms in total. The first kappa shape index (κ1) is 14.3. The monoisotopic (exact) mass is 265 g/mol. The molecule has 0 aliphatic carbocycles. The Morgan fingerprint density at radius 3 is 2.56 bits per heavy atom. The Kier molecular flexibility index (Phi) is 4.20. The lowest BCUT2D eigenvalue weighted by Crippen LogP contribution is -2.20. The molecular weight excluding hydrogens is 251 g/mol. The third-order valence-electron chi connectivity index (χ3n) is 2.30. The minimum absolute atomic E-state index is 0.144. The van der Waals surface area contributed by atoms with Gasteiger partial charge < -0.3 is 10.5 Å². The molecule has 0 aliphatic heterocycles. The molecule has 0 fully saturated rings. The van der Waals surface area contributed by atoms with Gasteiger partial charge in [0.2, 0.25) is 0 Å². The molecular formula is C10H14F3N3O2. The Hall–Kier alpha value is -1.73. The number of nitrogens with two attached hydrogens (primary N) is 1. The maximum atomic E-state index is 12.3. The van der Waals surface area contributed by atoms with Gasteiger partial charge in [0.05, 0.1) is 7.11 Å². The normalized spacial score (nSPS) is 11.6. The van der Waals surface area contributed by atoms with E-state index >= 15 is 0 Å². The minimum atomic E-state index is -4.45. The SMILES string of the molecule is CCCc1c(C(=O)OC)nn(CC(F)(F)F)c1N. The fourth-order valence-electron chi connectivity index (χ4n) is 1.56. The first-order valence-electron chi connectivity index (χ1n) is 5.30. The predicted octanol–water partition coefficient (Wildman–Crippen LogP) is 1.77. The number of alkyl halides is 3. The smallest absolute Gasteiger partial charge is 0.408 e. The number of nitrogen functional groups attached to an aromatic ring is 1. The average Bonchev–Trinajstić information content (AvgIpc) is 2.55. The fraction of sp³-hybridized carbons (Fsp3) is 0.600. The van der Waals surface area contributed by atoms with Crippen LogP contribution in [0, 0.1) is 0 Å². The summed E-state index contributed by atoms with van der Waals surface area (Å²) in [6, 6.07) is 0. The summed E-state index contributed by atoms with van der Waals surface area (Å²) in [5.41, 5.74) is 5.73. The molecule has 0 aromatic carbocycles. The van der Waals surface area contributed by atoms with E-state index in [0.29, 0.717) is 23.1 Å². The van der Waals surface area contributed by atoms with Crippen molar-refractivity contribution < 1.29 is 22.7 Å². The predicted molar refractivity (Wildman–Crippen MR) is 58.0 cm³/mol. The number of rotatable bonds is 4. The van der Waals surface area contributed by atoms with E-state index in [4.69, 9.17) is 5.73 Å². The molecule has 102 valence electrons. The number of esters is 1. The van der Waals surface area contributed by atoms with Crippen LogP contribution in [0.3, 0.4) is 0 Å². The second-order valence-corrected chi connectivity index (χ2v) is 3.73. The van der Waals surface area contributed by atoms with Crippen molar-refractivity contribution in [2.45, 2.75) is 32.5 Å². The molecule has 18 heavy (non-hydrogen) atoms. The second-order valence-electron chi connectivity index (χ2n) is 3.73. The molecule has 0 spiro atoms. The van der Waals surface area contributed by atoms with Crippen molar-refractivity contribution in [3.8, 4) is 0 Å². The molecule has 0 saturated carbocycles. The van der Waals surface area contributed by atoms with E-state index in [2.05, 4.69) is 9.84 Å². The maximum absolute atomic E-state index is 12.3. The van der Waals surface area contributed by atoms with Crippen LogP contribution in [0.1, 0.15) is 29.4 Å². The van der Waals surface area contributed by atoms with Crippen LogP contribution >= 0.6 is 0 Å². The summed E-state index contributed by atoms with van der Waals surface area (Å²) >= 11 is 0. The number of ether oxygens (including phenoxy) is 1. The molecule has 0 saturated heterocycles. The molecule has 0 bridgehead atoms. The number of carbonyl (C=O) groups excluding carboxylic acids is 1. The highest BCUT2D eigenvalue weighted by Gasteiger charge is 2.31. The second kappa shape index (κ2) is 5.28. The van der Waals surface area contributed by atoms with E-state index in [1.165, 1.54) is 0 Å². The average molecular weight is 265 g/mol. The quantitative estimate of drug-likeness (QED) is 0.842. The van der Waals surface area contributed by atoms with E-state index in [1.807, 2.05) is 6.92 Å². The number of methoxy groups -OCH3 is 1. The van der Waals surface area contributed by atoms with Gasteiger partial charge in [-0.3, -0.25) is 0 Å². The van der Waals surface area contributed by atoms with E-state index < -0.39 is 18.7 Å². The molecule has 1 aromatic rings. The summed E-state index contributed by atoms with van der Waals surface area (Å²) in [4.78, 5) is 11.4. The van der Waals surface area contributed by atoms with E-state index in [-0.39, 0.29) is 11.5 Å². The highest BCUT2D eigenvalue weighted by atomic mass is 19.4. The molecule has 0 amide bonds. The number of hydrogen-bond donors (Lipinski definition) is 1. The molecule has 0 atom stereocenters. The zero-order valence-electron chi connectivity index (χ0n) is 10.0. The largest absolute Gasteiger partial charge is 0.464 e. The number of anilines is 1. The van der Waals surface area contributed by atoms with Gasteiger partial charge in [-0.15, -0.1) is 0 Å². The Morgan fingerprint density at radius 1 is 1.50 bits per heavy atom. The molecule has 2 N–H and O–H groups in total. The lowest BCUT2D eigenvalue weighted by Gasteiger charge is -2.07. The van der Waals surface area contributed by atoms with Gasteiger partial charge in [-0.2, -0.15) is 18.3 Å². The van der Waals surface area contributed by atoms with Crippen molar-refractivity contribution in [1.82, 2.24) is 9.78 Å². The third kappa shape index (κ3) is 3.14. The van der Waals surface area contributed by atoms with E-state index in [1.54, 1.807) is 0 Å². The molecule has 0 aliphatic rings. The standard InChI is InChI=1S/C10H14F3N3O2/c1-3-4-6-7(9(17)18-2)15-16(8(6)14)5-10(11,12)13/h3-5,14H2,1-2H3. The van der Waals surface area contributed by atoms with Gasteiger partial charge >= 0.3 is 12.1 Å². The molecule has 1 aromatic heterocycles. The number of aromatic nitrogens is 2. The van der Waals surface area contributed by atoms with Crippen LogP contribution in [0.2, 0.25) is 0 Å². The van der Waals surface area contributed by atoms with Crippen LogP contribution in [0.5, 0.6) is 0 Å². The van der Waals surface area contributed by atoms with Crippen molar-refractivity contribution in [2.75, 3.05) is 12.8 Å². The topological polar surface area (TPSA) is 70.1 Å². The Bertz CT molecular complexity index is 440. The van der Waals surface area contributed by atoms with Crippen molar-refractivity contribution in [3.05, 3.63) is 11.3 Å². The van der Waals surface area contributed by atoms with Crippen molar-refractivity contribution in [1.29, 1.82) is 0 Å². The summed E-state index contributed by atoms with van der Waals surface area (Å²) in [6.45, 7) is 0.494. The van der Waals surface area contributed by atoms with Gasteiger partial charge in [0.25, 0.3) is 0 Å². The summed E-state index contributed by atoms with van der Waals surface area (Å²) in [7, 11) is 1.14. The third-order valence-corrected chi connectivity index (χ3v) is 2.30. The van der Waals surface area contributed by atoms with Crippen LogP contribution in [-0.4, -0.2) is 29.0 Å². The van der Waals surface area contributed by atoms with Gasteiger partial charge in [-0.1, -0.05) is 13.3 Å².